The van der Waals surface area contributed by atoms with E-state index in [-0.39, 0.29) is 21.9 Å². The van der Waals surface area contributed by atoms with Crippen molar-refractivity contribution < 1.29 is 4.74 Å². The van der Waals surface area contributed by atoms with Crippen molar-refractivity contribution in [2.45, 2.75) is 141 Å². The number of hydrogen-bond donors (Lipinski definition) is 0. The molecule has 1 saturated carbocycles. The summed E-state index contributed by atoms with van der Waals surface area (Å²) in [5, 5.41) is 0. The summed E-state index contributed by atoms with van der Waals surface area (Å²) in [6.07, 6.45) is 6.26. The van der Waals surface area contributed by atoms with Crippen LogP contribution in [-0.2, 0) is 10.8 Å². The summed E-state index contributed by atoms with van der Waals surface area (Å²) < 4.78 is 6.36. The lowest BCUT2D eigenvalue weighted by Gasteiger charge is -2.46. The third kappa shape index (κ3) is 8.31. The lowest BCUT2D eigenvalue weighted by atomic mass is 9.77. The van der Waals surface area contributed by atoms with Crippen LogP contribution in [0, 0.1) is 0 Å². The van der Waals surface area contributed by atoms with Gasteiger partial charge in [-0.25, -0.2) is 0 Å². The highest BCUT2D eigenvalue weighted by Gasteiger charge is 2.39. The van der Waals surface area contributed by atoms with Crippen molar-refractivity contribution in [2.75, 3.05) is 51.2 Å². The van der Waals surface area contributed by atoms with Crippen molar-refractivity contribution in [2.24, 2.45) is 0 Å². The number of hydrogen-bond acceptors (Lipinski definition) is 5. The Morgan fingerprint density at radius 2 is 1.30 bits per heavy atom. The molecule has 2 heterocycles. The van der Waals surface area contributed by atoms with Gasteiger partial charge in [-0.15, -0.1) is 0 Å². The average Bonchev–Trinajstić information content (AvgIpc) is 3.49. The van der Waals surface area contributed by atoms with E-state index in [1.54, 1.807) is 0 Å². The van der Waals surface area contributed by atoms with Crippen LogP contribution in [-0.4, -0.2) is 90.3 Å². The van der Waals surface area contributed by atoms with Gasteiger partial charge in [-0.1, -0.05) is 58.9 Å². The van der Waals surface area contributed by atoms with Gasteiger partial charge in [0.1, 0.15) is 11.9 Å². The van der Waals surface area contributed by atoms with Gasteiger partial charge in [0.05, 0.1) is 0 Å². The molecule has 46 heavy (non-hydrogen) atoms. The molecule has 0 aromatic heterocycles. The Bertz CT molecular complexity index is 1260. The minimum Gasteiger partial charge on any atom is -0.490 e. The molecule has 2 aliphatic heterocycles. The number of rotatable bonds is 10. The molecular weight excluding hydrogens is 564 g/mol. The first-order chi connectivity index (χ1) is 21.4. The number of anilines is 1. The highest BCUT2D eigenvalue weighted by molar-refractivity contribution is 5.49. The van der Waals surface area contributed by atoms with E-state index in [0.717, 1.165) is 31.7 Å². The predicted molar refractivity (Wildman–Crippen MR) is 197 cm³/mol. The van der Waals surface area contributed by atoms with Crippen molar-refractivity contribution in [3.63, 3.8) is 0 Å². The fourth-order valence-corrected chi connectivity index (χ4v) is 7.70. The molecule has 1 aliphatic carbocycles. The third-order valence-electron chi connectivity index (χ3n) is 11.9. The normalized spacial score (nSPS) is 24.0. The van der Waals surface area contributed by atoms with Crippen LogP contribution < -0.4 is 9.64 Å². The molecule has 5 rings (SSSR count). The minimum atomic E-state index is 0.132. The summed E-state index contributed by atoms with van der Waals surface area (Å²) in [6, 6.07) is 19.6. The van der Waals surface area contributed by atoms with E-state index in [4.69, 9.17) is 4.74 Å². The molecule has 1 unspecified atom stereocenters. The largest absolute Gasteiger partial charge is 0.490 e. The fraction of sp³-hybridized carbons (Fsp3) is 0.707. The number of nitrogens with zero attached hydrogens (tertiary/aromatic N) is 4. The van der Waals surface area contributed by atoms with Crippen LogP contribution in [0.25, 0.3) is 0 Å². The first-order valence-corrected chi connectivity index (χ1v) is 18.3. The summed E-state index contributed by atoms with van der Waals surface area (Å²) in [5.41, 5.74) is 4.96. The standard InChI is InChI=1S/C41H66N4O/c1-38(2,3)31-12-16-33(17-13-31)43-24-26-44(27-25-43)34-20-23-45(30-34)41(9,10)22-21-40(7,8)32-14-18-36(19-15-32)46-37-28-35(29-37)42(11)39(4,5)6/h12-19,34-35,37H,20-30H2,1-11H3. The van der Waals surface area contributed by atoms with E-state index in [0.29, 0.717) is 18.2 Å². The quantitative estimate of drug-likeness (QED) is 0.262. The first kappa shape index (κ1) is 35.2. The summed E-state index contributed by atoms with van der Waals surface area (Å²) in [6.45, 7) is 30.6. The second-order valence-electron chi connectivity index (χ2n) is 18.1. The number of likely N-dealkylation sites (tertiary alicyclic amines) is 1. The number of piperazine rings is 1. The van der Waals surface area contributed by atoms with Gasteiger partial charge >= 0.3 is 0 Å². The molecule has 2 saturated heterocycles. The highest BCUT2D eigenvalue weighted by Crippen LogP contribution is 2.37. The van der Waals surface area contributed by atoms with Crippen molar-refractivity contribution in [3.05, 3.63) is 59.7 Å². The van der Waals surface area contributed by atoms with Gasteiger partial charge in [0, 0.05) is 81.0 Å². The lowest BCUT2D eigenvalue weighted by Crippen LogP contribution is -2.54. The van der Waals surface area contributed by atoms with E-state index in [9.17, 15) is 0 Å². The van der Waals surface area contributed by atoms with E-state index < -0.39 is 0 Å². The van der Waals surface area contributed by atoms with Crippen LogP contribution in [0.4, 0.5) is 5.69 Å². The molecule has 0 bridgehead atoms. The Kier molecular flexibility index (Phi) is 10.3. The van der Waals surface area contributed by atoms with Crippen molar-refractivity contribution >= 4 is 5.69 Å². The zero-order chi connectivity index (χ0) is 33.5. The molecule has 3 fully saturated rings. The maximum atomic E-state index is 6.36. The van der Waals surface area contributed by atoms with Crippen LogP contribution in [0.3, 0.4) is 0 Å². The summed E-state index contributed by atoms with van der Waals surface area (Å²) in [7, 11) is 2.25. The molecule has 0 radical (unpaired) electrons. The molecule has 1 atom stereocenters. The molecule has 2 aromatic rings. The number of ether oxygens (including phenoxy) is 1. The van der Waals surface area contributed by atoms with Gasteiger partial charge in [0.15, 0.2) is 0 Å². The minimum absolute atomic E-state index is 0.132. The number of benzene rings is 2. The summed E-state index contributed by atoms with van der Waals surface area (Å²) in [5.74, 6) is 1.02. The van der Waals surface area contributed by atoms with Crippen molar-refractivity contribution in [1.82, 2.24) is 14.7 Å². The maximum Gasteiger partial charge on any atom is 0.119 e. The van der Waals surface area contributed by atoms with Crippen LogP contribution in [0.1, 0.15) is 112 Å². The first-order valence-electron chi connectivity index (χ1n) is 18.3. The van der Waals surface area contributed by atoms with Gasteiger partial charge in [0.2, 0.25) is 0 Å². The fourth-order valence-electron chi connectivity index (χ4n) is 7.70. The topological polar surface area (TPSA) is 22.2 Å². The monoisotopic (exact) mass is 631 g/mol. The Morgan fingerprint density at radius 3 is 1.87 bits per heavy atom. The molecule has 2 aromatic carbocycles. The lowest BCUT2D eigenvalue weighted by molar-refractivity contribution is -0.00883. The molecule has 0 spiro atoms. The maximum absolute atomic E-state index is 6.36. The van der Waals surface area contributed by atoms with Crippen LogP contribution >= 0.6 is 0 Å². The van der Waals surface area contributed by atoms with E-state index >= 15 is 0 Å². The van der Waals surface area contributed by atoms with E-state index in [1.807, 2.05) is 0 Å². The molecule has 3 aliphatic rings. The zero-order valence-electron chi connectivity index (χ0n) is 31.3. The van der Waals surface area contributed by atoms with Gasteiger partial charge in [-0.05, 0) is 107 Å². The summed E-state index contributed by atoms with van der Waals surface area (Å²) >= 11 is 0. The van der Waals surface area contributed by atoms with Crippen LogP contribution in [0.2, 0.25) is 0 Å². The van der Waals surface area contributed by atoms with E-state index in [2.05, 4.69) is 144 Å². The molecule has 256 valence electrons. The third-order valence-corrected chi connectivity index (χ3v) is 11.9. The van der Waals surface area contributed by atoms with Crippen molar-refractivity contribution in [3.8, 4) is 5.75 Å². The molecule has 0 N–H and O–H groups in total. The second kappa shape index (κ2) is 13.4. The van der Waals surface area contributed by atoms with Gasteiger partial charge in [-0.2, -0.15) is 0 Å². The molecular formula is C41H66N4O. The Hall–Kier alpha value is -2.08. The Morgan fingerprint density at radius 1 is 0.717 bits per heavy atom. The van der Waals surface area contributed by atoms with Gasteiger partial charge in [-0.3, -0.25) is 14.7 Å². The zero-order valence-corrected chi connectivity index (χ0v) is 31.3. The van der Waals surface area contributed by atoms with Gasteiger partial charge < -0.3 is 9.64 Å². The SMILES string of the molecule is CN(C1CC(Oc2ccc(C(C)(C)CCC(C)(C)N3CCC(N4CCN(c5ccc(C(C)(C)C)cc5)CC4)C3)cc2)C1)C(C)(C)C. The Balaban J connectivity index is 1.06. The van der Waals surface area contributed by atoms with Crippen LogP contribution in [0.15, 0.2) is 48.5 Å². The summed E-state index contributed by atoms with van der Waals surface area (Å²) in [4.78, 5) is 10.6. The smallest absolute Gasteiger partial charge is 0.119 e. The highest BCUT2D eigenvalue weighted by atomic mass is 16.5. The molecule has 5 heteroatoms. The van der Waals surface area contributed by atoms with Crippen LogP contribution in [0.5, 0.6) is 5.75 Å². The van der Waals surface area contributed by atoms with Gasteiger partial charge in [0.25, 0.3) is 0 Å². The van der Waals surface area contributed by atoms with E-state index in [1.165, 1.54) is 62.3 Å². The predicted octanol–water partition coefficient (Wildman–Crippen LogP) is 8.36. The second-order valence-corrected chi connectivity index (χ2v) is 18.1. The molecule has 0 amide bonds. The Labute approximate surface area is 282 Å². The average molecular weight is 631 g/mol. The molecule has 5 nitrogen and oxygen atoms in total. The van der Waals surface area contributed by atoms with Crippen molar-refractivity contribution in [1.29, 1.82) is 0 Å².